The highest BCUT2D eigenvalue weighted by Gasteiger charge is 2.24. The van der Waals surface area contributed by atoms with Crippen molar-refractivity contribution < 1.29 is 14.2 Å². The van der Waals surface area contributed by atoms with Gasteiger partial charge >= 0.3 is 0 Å². The first-order valence-corrected chi connectivity index (χ1v) is 9.07. The molecule has 0 heterocycles. The van der Waals surface area contributed by atoms with Gasteiger partial charge in [0.1, 0.15) is 5.75 Å². The lowest BCUT2D eigenvalue weighted by molar-refractivity contribution is 0.205. The second-order valence-corrected chi connectivity index (χ2v) is 7.30. The van der Waals surface area contributed by atoms with E-state index in [9.17, 15) is 4.89 Å². The first-order chi connectivity index (χ1) is 11.0. The van der Waals surface area contributed by atoms with Gasteiger partial charge in [0.05, 0.1) is 13.7 Å². The van der Waals surface area contributed by atoms with Crippen LogP contribution in [0.3, 0.4) is 0 Å². The van der Waals surface area contributed by atoms with E-state index in [2.05, 4.69) is 39.8 Å². The summed E-state index contributed by atoms with van der Waals surface area (Å²) in [6.45, 7) is 8.57. The Labute approximate surface area is 140 Å². The van der Waals surface area contributed by atoms with Gasteiger partial charge < -0.3 is 14.2 Å². The number of benzene rings is 2. The standard InChI is InChI=1S/C18H26NO3P/c1-13(2)19(14(3)4)23(20)22-12-16-11-10-15-8-6-7-9-17(15)18(16)21-5/h6-11,13-14,20H,12H2,1-5H3. The molecule has 0 aliphatic heterocycles. The average molecular weight is 335 g/mol. The fourth-order valence-electron chi connectivity index (χ4n) is 2.83. The van der Waals surface area contributed by atoms with Gasteiger partial charge in [-0.15, -0.1) is 0 Å². The maximum atomic E-state index is 10.4. The summed E-state index contributed by atoms with van der Waals surface area (Å²) in [5.74, 6) is 0.812. The largest absolute Gasteiger partial charge is 0.496 e. The minimum absolute atomic E-state index is 0.226. The van der Waals surface area contributed by atoms with Crippen LogP contribution in [0.4, 0.5) is 0 Å². The average Bonchev–Trinajstić information content (AvgIpc) is 2.51. The molecule has 23 heavy (non-hydrogen) atoms. The molecule has 0 aromatic heterocycles. The molecule has 0 radical (unpaired) electrons. The fourth-order valence-corrected chi connectivity index (χ4v) is 4.01. The fraction of sp³-hybridized carbons (Fsp3) is 0.444. The van der Waals surface area contributed by atoms with Crippen molar-refractivity contribution in [2.45, 2.75) is 46.4 Å². The minimum atomic E-state index is -1.63. The van der Waals surface area contributed by atoms with Crippen LogP contribution in [0.2, 0.25) is 0 Å². The van der Waals surface area contributed by atoms with E-state index in [1.807, 2.05) is 28.9 Å². The van der Waals surface area contributed by atoms with Crippen LogP contribution in [0.15, 0.2) is 36.4 Å². The molecule has 1 N–H and O–H groups in total. The summed E-state index contributed by atoms with van der Waals surface area (Å²) in [7, 11) is 0.0388. The molecule has 0 amide bonds. The van der Waals surface area contributed by atoms with E-state index in [1.54, 1.807) is 7.11 Å². The van der Waals surface area contributed by atoms with Crippen LogP contribution in [-0.2, 0) is 11.1 Å². The summed E-state index contributed by atoms with van der Waals surface area (Å²) in [5.41, 5.74) is 0.945. The first-order valence-electron chi connectivity index (χ1n) is 7.90. The Kier molecular flexibility index (Phi) is 6.37. The molecule has 4 nitrogen and oxygen atoms in total. The second-order valence-electron chi connectivity index (χ2n) is 6.07. The molecule has 2 rings (SSSR count). The summed E-state index contributed by atoms with van der Waals surface area (Å²) in [5, 5.41) is 2.19. The van der Waals surface area contributed by atoms with Crippen LogP contribution in [0.5, 0.6) is 5.75 Å². The summed E-state index contributed by atoms with van der Waals surface area (Å²) in [4.78, 5) is 10.4. The molecule has 1 atom stereocenters. The van der Waals surface area contributed by atoms with Crippen LogP contribution < -0.4 is 4.74 Å². The molecule has 5 heteroatoms. The van der Waals surface area contributed by atoms with Crippen LogP contribution in [0.25, 0.3) is 10.8 Å². The number of methoxy groups -OCH3 is 1. The molecular weight excluding hydrogens is 309 g/mol. The number of fused-ring (bicyclic) bond motifs is 1. The monoisotopic (exact) mass is 335 g/mol. The summed E-state index contributed by atoms with van der Waals surface area (Å²) >= 11 is 0. The summed E-state index contributed by atoms with van der Waals surface area (Å²) in [6.07, 6.45) is 0. The van der Waals surface area contributed by atoms with Crippen LogP contribution in [-0.4, -0.2) is 28.8 Å². The highest BCUT2D eigenvalue weighted by Crippen LogP contribution is 2.42. The smallest absolute Gasteiger partial charge is 0.256 e. The van der Waals surface area contributed by atoms with E-state index in [1.165, 1.54) is 0 Å². The van der Waals surface area contributed by atoms with Crippen molar-refractivity contribution in [2.75, 3.05) is 7.11 Å². The van der Waals surface area contributed by atoms with Crippen molar-refractivity contribution in [2.24, 2.45) is 0 Å². The number of hydrogen-bond donors (Lipinski definition) is 1. The Morgan fingerprint density at radius 3 is 2.30 bits per heavy atom. The number of rotatable bonds is 7. The normalized spacial score (nSPS) is 13.3. The SMILES string of the molecule is COc1c(COP(O)N(C(C)C)C(C)C)ccc2ccccc12. The topological polar surface area (TPSA) is 41.9 Å². The molecule has 0 saturated heterocycles. The van der Waals surface area contributed by atoms with Gasteiger partial charge in [-0.05, 0) is 33.1 Å². The van der Waals surface area contributed by atoms with Crippen molar-refractivity contribution >= 4 is 19.3 Å². The van der Waals surface area contributed by atoms with E-state index in [-0.39, 0.29) is 12.1 Å². The zero-order valence-electron chi connectivity index (χ0n) is 14.5. The van der Waals surface area contributed by atoms with Crippen LogP contribution >= 0.6 is 8.53 Å². The van der Waals surface area contributed by atoms with Gasteiger partial charge in [-0.3, -0.25) is 0 Å². The van der Waals surface area contributed by atoms with E-state index in [4.69, 9.17) is 9.26 Å². The molecule has 0 aliphatic rings. The second kappa shape index (κ2) is 8.07. The quantitative estimate of drug-likeness (QED) is 0.745. The third-order valence-electron chi connectivity index (χ3n) is 3.76. The van der Waals surface area contributed by atoms with Crippen molar-refractivity contribution in [3.8, 4) is 5.75 Å². The van der Waals surface area contributed by atoms with Crippen molar-refractivity contribution in [1.82, 2.24) is 4.67 Å². The first kappa shape index (κ1) is 18.2. The maximum Gasteiger partial charge on any atom is 0.256 e. The molecule has 2 aromatic carbocycles. The molecule has 0 saturated carbocycles. The van der Waals surface area contributed by atoms with E-state index < -0.39 is 8.53 Å². The summed E-state index contributed by atoms with van der Waals surface area (Å²) in [6, 6.07) is 12.6. The third kappa shape index (κ3) is 4.21. The lowest BCUT2D eigenvalue weighted by Gasteiger charge is -2.32. The van der Waals surface area contributed by atoms with Gasteiger partial charge in [-0.1, -0.05) is 36.4 Å². The van der Waals surface area contributed by atoms with Crippen LogP contribution in [0, 0.1) is 0 Å². The Balaban J connectivity index is 2.19. The summed E-state index contributed by atoms with van der Waals surface area (Å²) < 4.78 is 13.3. The maximum absolute atomic E-state index is 10.4. The minimum Gasteiger partial charge on any atom is -0.496 e. The molecule has 0 aliphatic carbocycles. The van der Waals surface area contributed by atoms with Gasteiger partial charge in [0.2, 0.25) is 0 Å². The van der Waals surface area contributed by atoms with Gasteiger partial charge in [0.25, 0.3) is 8.53 Å². The van der Waals surface area contributed by atoms with Gasteiger partial charge in [-0.25, -0.2) is 4.67 Å². The van der Waals surface area contributed by atoms with E-state index in [0.29, 0.717) is 6.61 Å². The molecule has 2 aromatic rings. The Morgan fingerprint density at radius 1 is 1.04 bits per heavy atom. The number of nitrogens with zero attached hydrogens (tertiary/aromatic N) is 1. The van der Waals surface area contributed by atoms with Crippen molar-refractivity contribution in [3.63, 3.8) is 0 Å². The molecular formula is C18H26NO3P. The zero-order chi connectivity index (χ0) is 17.0. The van der Waals surface area contributed by atoms with Crippen LogP contribution in [0.1, 0.15) is 33.3 Å². The Bertz CT molecular complexity index is 637. The van der Waals surface area contributed by atoms with Crippen molar-refractivity contribution in [3.05, 3.63) is 42.0 Å². The van der Waals surface area contributed by atoms with Gasteiger partial charge in [-0.2, -0.15) is 0 Å². The van der Waals surface area contributed by atoms with Crippen molar-refractivity contribution in [1.29, 1.82) is 0 Å². The molecule has 0 fully saturated rings. The highest BCUT2D eigenvalue weighted by molar-refractivity contribution is 7.43. The number of ether oxygens (including phenoxy) is 1. The Hall–Kier alpha value is -1.19. The van der Waals surface area contributed by atoms with Gasteiger partial charge in [0.15, 0.2) is 0 Å². The highest BCUT2D eigenvalue weighted by atomic mass is 31.2. The molecule has 0 bridgehead atoms. The predicted octanol–water partition coefficient (Wildman–Crippen LogP) is 4.70. The lowest BCUT2D eigenvalue weighted by Crippen LogP contribution is -2.32. The van der Waals surface area contributed by atoms with Gasteiger partial charge in [0, 0.05) is 23.0 Å². The third-order valence-corrected chi connectivity index (χ3v) is 5.44. The lowest BCUT2D eigenvalue weighted by atomic mass is 10.1. The zero-order valence-corrected chi connectivity index (χ0v) is 15.4. The molecule has 126 valence electrons. The van der Waals surface area contributed by atoms with E-state index in [0.717, 1.165) is 22.1 Å². The molecule has 1 unspecified atom stereocenters. The number of hydrogen-bond acceptors (Lipinski definition) is 4. The van der Waals surface area contributed by atoms with E-state index >= 15 is 0 Å². The Morgan fingerprint density at radius 2 is 1.70 bits per heavy atom. The molecule has 0 spiro atoms. The predicted molar refractivity (Wildman–Crippen MR) is 96.5 cm³/mol.